The Labute approximate surface area is 201 Å². The normalized spacial score (nSPS) is 14.7. The summed E-state index contributed by atoms with van der Waals surface area (Å²) in [6, 6.07) is 9.46. The zero-order chi connectivity index (χ0) is 23.8. The van der Waals surface area contributed by atoms with Crippen LogP contribution in [0, 0.1) is 6.92 Å². The zero-order valence-corrected chi connectivity index (χ0v) is 20.4. The van der Waals surface area contributed by atoms with Gasteiger partial charge in [0.15, 0.2) is 0 Å². The summed E-state index contributed by atoms with van der Waals surface area (Å²) in [6.07, 6.45) is 1.41. The summed E-state index contributed by atoms with van der Waals surface area (Å²) in [5.74, 6) is -0.324. The van der Waals surface area contributed by atoms with Gasteiger partial charge >= 0.3 is 0 Å². The molecule has 0 spiro atoms. The lowest BCUT2D eigenvalue weighted by Gasteiger charge is -2.49. The highest BCUT2D eigenvalue weighted by Gasteiger charge is 2.52. The molecule has 2 aromatic heterocycles. The molecule has 1 aromatic carbocycles. The Hall–Kier alpha value is -3.04. The van der Waals surface area contributed by atoms with Gasteiger partial charge in [-0.05, 0) is 30.0 Å². The fraction of sp³-hybridized carbons (Fsp3) is 0.348. The number of nitrogens with zero attached hydrogens (tertiary/aromatic N) is 4. The number of amides is 2. The van der Waals surface area contributed by atoms with Gasteiger partial charge in [0.05, 0.1) is 17.4 Å². The zero-order valence-electron chi connectivity index (χ0n) is 18.8. The van der Waals surface area contributed by atoms with Crippen molar-refractivity contribution in [2.45, 2.75) is 32.1 Å². The van der Waals surface area contributed by atoms with E-state index in [0.717, 1.165) is 21.3 Å². The molecule has 3 aromatic rings. The van der Waals surface area contributed by atoms with Gasteiger partial charge in [-0.3, -0.25) is 9.59 Å². The molecule has 8 nitrogen and oxygen atoms in total. The molecule has 1 fully saturated rings. The predicted molar refractivity (Wildman–Crippen MR) is 130 cm³/mol. The van der Waals surface area contributed by atoms with Crippen molar-refractivity contribution < 1.29 is 9.59 Å². The first-order valence-electron chi connectivity index (χ1n) is 10.6. The van der Waals surface area contributed by atoms with Gasteiger partial charge < -0.3 is 15.5 Å². The molecule has 0 unspecified atom stereocenters. The molecule has 0 atom stereocenters. The summed E-state index contributed by atoms with van der Waals surface area (Å²) in [5, 5.41) is 15.7. The van der Waals surface area contributed by atoms with Crippen molar-refractivity contribution in [2.24, 2.45) is 0 Å². The number of hydrogen-bond donors (Lipinski definition) is 2. The largest absolute Gasteiger partial charge is 0.355 e. The quantitative estimate of drug-likeness (QED) is 0.516. The van der Waals surface area contributed by atoms with Crippen LogP contribution in [0.5, 0.6) is 0 Å². The number of aryl methyl sites for hydroxylation is 1. The minimum atomic E-state index is -0.819. The highest BCUT2D eigenvalue weighted by atomic mass is 35.5. The third-order valence-electron chi connectivity index (χ3n) is 5.83. The van der Waals surface area contributed by atoms with Gasteiger partial charge in [0, 0.05) is 20.1 Å². The highest BCUT2D eigenvalue weighted by molar-refractivity contribution is 7.15. The first kappa shape index (κ1) is 23.1. The molecule has 4 rings (SSSR count). The van der Waals surface area contributed by atoms with Crippen LogP contribution in [0.15, 0.2) is 36.5 Å². The molecular formula is C23H25ClN6O2S. The number of anilines is 2. The number of rotatable bonds is 6. The maximum Gasteiger partial charge on any atom is 0.253 e. The van der Waals surface area contributed by atoms with E-state index in [1.165, 1.54) is 30.6 Å². The standard InChI is InChI=1S/C23H25ClN6O2S/c1-13(2)15-7-5-6-8-17(15)23(11-30(12-23)22-29-28-14(3)33-22)21(32)27-18-10-26-19(24)9-16(18)20(31)25-4/h5-10,13H,11-12H2,1-4H3,(H,25,31)(H,27,32). The summed E-state index contributed by atoms with van der Waals surface area (Å²) < 4.78 is 0. The van der Waals surface area contributed by atoms with Gasteiger partial charge in [0.2, 0.25) is 11.0 Å². The SMILES string of the molecule is CNC(=O)c1cc(Cl)ncc1NC(=O)C1(c2ccccc2C(C)C)CN(c2nnc(C)s2)C1. The van der Waals surface area contributed by atoms with Gasteiger partial charge in [0.25, 0.3) is 5.91 Å². The number of hydrogen-bond acceptors (Lipinski definition) is 7. The highest BCUT2D eigenvalue weighted by Crippen LogP contribution is 2.42. The first-order chi connectivity index (χ1) is 15.7. The molecule has 1 aliphatic heterocycles. The molecule has 2 amide bonds. The number of carbonyl (C=O) groups excluding carboxylic acids is 2. The molecule has 33 heavy (non-hydrogen) atoms. The third kappa shape index (κ3) is 4.30. The van der Waals surface area contributed by atoms with Gasteiger partial charge in [0.1, 0.15) is 15.6 Å². The van der Waals surface area contributed by atoms with Crippen LogP contribution in [-0.4, -0.2) is 47.1 Å². The first-order valence-corrected chi connectivity index (χ1v) is 11.8. The Morgan fingerprint density at radius 3 is 2.58 bits per heavy atom. The molecule has 2 N–H and O–H groups in total. The van der Waals surface area contributed by atoms with E-state index in [9.17, 15) is 9.59 Å². The minimum Gasteiger partial charge on any atom is -0.355 e. The van der Waals surface area contributed by atoms with Crippen LogP contribution in [-0.2, 0) is 10.2 Å². The topological polar surface area (TPSA) is 100 Å². The van der Waals surface area contributed by atoms with Gasteiger partial charge in [-0.25, -0.2) is 4.98 Å². The molecule has 3 heterocycles. The fourth-order valence-corrected chi connectivity index (χ4v) is 4.96. The Bertz CT molecular complexity index is 1210. The van der Waals surface area contributed by atoms with Gasteiger partial charge in [-0.15, -0.1) is 10.2 Å². The average molecular weight is 485 g/mol. The fourth-order valence-electron chi connectivity index (χ4n) is 4.12. The summed E-state index contributed by atoms with van der Waals surface area (Å²) in [6.45, 7) is 7.04. The molecule has 0 bridgehead atoms. The lowest BCUT2D eigenvalue weighted by Crippen LogP contribution is -2.65. The Balaban J connectivity index is 1.73. The molecule has 0 radical (unpaired) electrons. The number of benzene rings is 1. The van der Waals surface area contributed by atoms with Crippen molar-refractivity contribution >= 4 is 45.6 Å². The van der Waals surface area contributed by atoms with Gasteiger partial charge in [-0.2, -0.15) is 0 Å². The second-order valence-corrected chi connectivity index (χ2v) is 9.92. The average Bonchev–Trinajstić information content (AvgIpc) is 3.19. The Morgan fingerprint density at radius 1 is 1.21 bits per heavy atom. The number of pyridine rings is 1. The van der Waals surface area contributed by atoms with Crippen molar-refractivity contribution in [3.8, 4) is 0 Å². The van der Waals surface area contributed by atoms with Crippen LogP contribution >= 0.6 is 22.9 Å². The maximum absolute atomic E-state index is 13.9. The van der Waals surface area contributed by atoms with Gasteiger partial charge in [-0.1, -0.05) is 61.1 Å². The van der Waals surface area contributed by atoms with Crippen molar-refractivity contribution in [3.63, 3.8) is 0 Å². The van der Waals surface area contributed by atoms with Crippen molar-refractivity contribution in [1.29, 1.82) is 0 Å². The van der Waals surface area contributed by atoms with Crippen LogP contribution in [0.2, 0.25) is 5.15 Å². The molecule has 10 heteroatoms. The molecule has 1 aliphatic rings. The summed E-state index contributed by atoms with van der Waals surface area (Å²) >= 11 is 7.50. The van der Waals surface area contributed by atoms with E-state index in [4.69, 9.17) is 11.6 Å². The monoisotopic (exact) mass is 484 g/mol. The molecule has 1 saturated heterocycles. The van der Waals surface area contributed by atoms with Crippen LogP contribution in [0.1, 0.15) is 46.3 Å². The van der Waals surface area contributed by atoms with E-state index in [-0.39, 0.29) is 28.4 Å². The van der Waals surface area contributed by atoms with E-state index in [0.29, 0.717) is 18.8 Å². The van der Waals surface area contributed by atoms with E-state index in [1.807, 2.05) is 25.1 Å². The predicted octanol–water partition coefficient (Wildman–Crippen LogP) is 3.77. The lowest BCUT2D eigenvalue weighted by molar-refractivity contribution is -0.122. The molecule has 0 saturated carbocycles. The number of halogens is 1. The molecular weight excluding hydrogens is 460 g/mol. The molecule has 172 valence electrons. The van der Waals surface area contributed by atoms with E-state index in [2.05, 4.69) is 50.6 Å². The number of nitrogens with one attached hydrogen (secondary N) is 2. The summed E-state index contributed by atoms with van der Waals surface area (Å²) in [7, 11) is 1.52. The second kappa shape index (κ2) is 9.07. The summed E-state index contributed by atoms with van der Waals surface area (Å²) in [5.41, 5.74) is 1.84. The van der Waals surface area contributed by atoms with Crippen LogP contribution < -0.4 is 15.5 Å². The number of aromatic nitrogens is 3. The van der Waals surface area contributed by atoms with E-state index in [1.54, 1.807) is 0 Å². The Morgan fingerprint density at radius 2 is 1.94 bits per heavy atom. The van der Waals surface area contributed by atoms with Crippen molar-refractivity contribution in [1.82, 2.24) is 20.5 Å². The minimum absolute atomic E-state index is 0.174. The number of carbonyl (C=O) groups is 2. The van der Waals surface area contributed by atoms with E-state index < -0.39 is 5.41 Å². The van der Waals surface area contributed by atoms with Crippen LogP contribution in [0.25, 0.3) is 0 Å². The van der Waals surface area contributed by atoms with Crippen LogP contribution in [0.3, 0.4) is 0 Å². The summed E-state index contributed by atoms with van der Waals surface area (Å²) in [4.78, 5) is 32.4. The van der Waals surface area contributed by atoms with Crippen molar-refractivity contribution in [2.75, 3.05) is 30.4 Å². The second-order valence-electron chi connectivity index (χ2n) is 8.37. The lowest BCUT2D eigenvalue weighted by atomic mass is 9.70. The maximum atomic E-state index is 13.9. The third-order valence-corrected chi connectivity index (χ3v) is 6.94. The Kier molecular flexibility index (Phi) is 6.36. The van der Waals surface area contributed by atoms with E-state index >= 15 is 0 Å². The molecule has 0 aliphatic carbocycles. The van der Waals surface area contributed by atoms with Crippen LogP contribution in [0.4, 0.5) is 10.8 Å². The smallest absolute Gasteiger partial charge is 0.253 e. The van der Waals surface area contributed by atoms with Crippen molar-refractivity contribution in [3.05, 3.63) is 63.4 Å².